The molecule has 1 saturated heterocycles. The summed E-state index contributed by atoms with van der Waals surface area (Å²) in [7, 11) is 1.91. The van der Waals surface area contributed by atoms with Gasteiger partial charge in [0.2, 0.25) is 0 Å². The van der Waals surface area contributed by atoms with E-state index in [0.29, 0.717) is 17.8 Å². The van der Waals surface area contributed by atoms with Crippen molar-refractivity contribution in [1.82, 2.24) is 20.1 Å². The molecular weight excluding hydrogens is 519 g/mol. The number of carbonyl (C=O) groups is 1. The fourth-order valence-corrected chi connectivity index (χ4v) is 7.13. The van der Waals surface area contributed by atoms with Crippen molar-refractivity contribution in [3.8, 4) is 0 Å². The Morgan fingerprint density at radius 3 is 2.50 bits per heavy atom. The van der Waals surface area contributed by atoms with Crippen molar-refractivity contribution in [2.45, 2.75) is 81.3 Å². The van der Waals surface area contributed by atoms with E-state index in [1.54, 1.807) is 18.5 Å². The number of rotatable bonds is 6. The Bertz CT molecular complexity index is 1500. The third-order valence-corrected chi connectivity index (χ3v) is 9.65. The average molecular weight is 552 g/mol. The van der Waals surface area contributed by atoms with E-state index in [9.17, 15) is 18.0 Å². The number of nitrogens with zero attached hydrogens (tertiary/aromatic N) is 4. The monoisotopic (exact) mass is 551 g/mol. The highest BCUT2D eigenvalue weighted by atomic mass is 19.4. The number of fused-ring (bicyclic) bond motifs is 1. The second-order valence-electron chi connectivity index (χ2n) is 12.4. The zero-order valence-electron chi connectivity index (χ0n) is 22.6. The lowest BCUT2D eigenvalue weighted by Gasteiger charge is -2.59. The van der Waals surface area contributed by atoms with Crippen LogP contribution in [-0.4, -0.2) is 38.4 Å². The van der Waals surface area contributed by atoms with E-state index < -0.39 is 23.1 Å². The molecule has 3 fully saturated rings. The average Bonchev–Trinajstić information content (AvgIpc) is 3.43. The first-order valence-electron chi connectivity index (χ1n) is 13.9. The minimum Gasteiger partial charge on any atom is -0.375 e. The van der Waals surface area contributed by atoms with E-state index in [1.165, 1.54) is 11.0 Å². The Balaban J connectivity index is 1.22. The number of aryl methyl sites for hydroxylation is 1. The predicted octanol–water partition coefficient (Wildman–Crippen LogP) is 5.27. The molecule has 0 atom stereocenters. The molecule has 2 saturated carbocycles. The van der Waals surface area contributed by atoms with Gasteiger partial charge in [0.15, 0.2) is 0 Å². The highest BCUT2D eigenvalue weighted by molar-refractivity contribution is 6.10. The van der Waals surface area contributed by atoms with Crippen molar-refractivity contribution in [1.29, 1.82) is 0 Å². The van der Waals surface area contributed by atoms with Crippen LogP contribution < -0.4 is 10.2 Å². The van der Waals surface area contributed by atoms with Crippen LogP contribution in [0.2, 0.25) is 0 Å². The van der Waals surface area contributed by atoms with E-state index >= 15 is 0 Å². The first-order valence-corrected chi connectivity index (χ1v) is 13.9. The van der Waals surface area contributed by atoms with Crippen molar-refractivity contribution in [2.24, 2.45) is 7.05 Å². The first kappa shape index (κ1) is 25.7. The topological polar surface area (TPSA) is 72.3 Å². The van der Waals surface area contributed by atoms with Crippen LogP contribution in [0.1, 0.15) is 83.9 Å². The fourth-order valence-electron chi connectivity index (χ4n) is 7.13. The van der Waals surface area contributed by atoms with Crippen molar-refractivity contribution < 1.29 is 22.7 Å². The number of aromatic nitrogens is 3. The number of carbonyl (C=O) groups excluding carboxylic acids is 1. The lowest BCUT2D eigenvalue weighted by Crippen LogP contribution is -2.62. The number of alkyl halides is 3. The van der Waals surface area contributed by atoms with E-state index in [2.05, 4.69) is 22.4 Å². The molecule has 3 aromatic rings. The molecule has 10 heteroatoms. The number of benzene rings is 2. The highest BCUT2D eigenvalue weighted by Gasteiger charge is 2.62. The van der Waals surface area contributed by atoms with E-state index in [1.807, 2.05) is 29.8 Å². The third kappa shape index (κ3) is 3.90. The molecule has 0 bridgehead atoms. The Labute approximate surface area is 230 Å². The summed E-state index contributed by atoms with van der Waals surface area (Å²) in [5.74, 6) is 0.410. The molecule has 2 aliphatic carbocycles. The zero-order chi connectivity index (χ0) is 27.9. The molecular formula is C30H32F3N5O2. The predicted molar refractivity (Wildman–Crippen MR) is 142 cm³/mol. The first-order chi connectivity index (χ1) is 19.0. The summed E-state index contributed by atoms with van der Waals surface area (Å²) in [4.78, 5) is 15.1. The van der Waals surface area contributed by atoms with Crippen LogP contribution in [0.25, 0.3) is 0 Å². The van der Waals surface area contributed by atoms with E-state index in [0.717, 1.165) is 56.5 Å². The van der Waals surface area contributed by atoms with Gasteiger partial charge in [0.05, 0.1) is 29.7 Å². The molecule has 7 rings (SSSR count). The van der Waals surface area contributed by atoms with Crippen LogP contribution in [0.15, 0.2) is 42.7 Å². The van der Waals surface area contributed by atoms with Crippen LogP contribution in [-0.2, 0) is 36.5 Å². The number of halogens is 3. The van der Waals surface area contributed by atoms with Crippen LogP contribution in [0, 0.1) is 0 Å². The smallest absolute Gasteiger partial charge is 0.375 e. The Kier molecular flexibility index (Phi) is 5.55. The maximum absolute atomic E-state index is 14.2. The van der Waals surface area contributed by atoms with Gasteiger partial charge in [-0.2, -0.15) is 13.2 Å². The summed E-state index contributed by atoms with van der Waals surface area (Å²) in [5.41, 5.74) is 0.785. The fraction of sp³-hybridized carbons (Fsp3) is 0.500. The summed E-state index contributed by atoms with van der Waals surface area (Å²) < 4.78 is 50.5. The molecule has 1 aromatic heterocycles. The van der Waals surface area contributed by atoms with E-state index in [4.69, 9.17) is 4.74 Å². The lowest BCUT2D eigenvalue weighted by molar-refractivity contribution is -0.216. The number of amides is 1. The van der Waals surface area contributed by atoms with Crippen LogP contribution in [0.4, 0.5) is 18.9 Å². The summed E-state index contributed by atoms with van der Waals surface area (Å²) in [6, 6.07) is 10.4. The molecule has 7 nitrogen and oxygen atoms in total. The van der Waals surface area contributed by atoms with Crippen molar-refractivity contribution in [3.05, 3.63) is 76.4 Å². The maximum atomic E-state index is 14.2. The number of nitrogens with one attached hydrogen (secondary N) is 1. The van der Waals surface area contributed by atoms with Gasteiger partial charge in [-0.3, -0.25) is 4.79 Å². The lowest BCUT2D eigenvalue weighted by atomic mass is 9.53. The molecule has 40 heavy (non-hydrogen) atoms. The largest absolute Gasteiger partial charge is 0.416 e. The molecule has 4 aliphatic rings. The van der Waals surface area contributed by atoms with Gasteiger partial charge in [0, 0.05) is 30.4 Å². The zero-order valence-corrected chi connectivity index (χ0v) is 22.6. The highest BCUT2D eigenvalue weighted by Crippen LogP contribution is 2.60. The second kappa shape index (κ2) is 8.63. The van der Waals surface area contributed by atoms with Gasteiger partial charge in [0.1, 0.15) is 12.2 Å². The van der Waals surface area contributed by atoms with Crippen LogP contribution in [0.3, 0.4) is 0 Å². The Morgan fingerprint density at radius 1 is 1.12 bits per heavy atom. The molecule has 210 valence electrons. The minimum absolute atomic E-state index is 0.0370. The SMILES string of the molecule is Cn1cnnc1[C@]1(c2cccc(N3Cc4c(cc(CNC5(C)CCC5)cc4C(F)(F)F)C3=O)c2)C[C@]2(CCO2)C1. The standard InChI is InChI=1S/C30H32F3N5O2/c1-27(7-4-8-27)34-14-19-11-22-23(24(12-19)30(31,32)33)15-38(25(22)39)21-6-3-5-20(13-21)29(26-36-35-18-37(26)2)16-28(17-29)9-10-40-28/h3,5-6,11-13,18,34H,4,7-10,14-17H2,1-2H3/t28-,29-. The Hall–Kier alpha value is -3.24. The normalized spacial score (nSPS) is 26.8. The van der Waals surface area contributed by atoms with Gasteiger partial charge in [0.25, 0.3) is 5.91 Å². The summed E-state index contributed by atoms with van der Waals surface area (Å²) in [6.07, 6.45) is 2.70. The number of hydrogen-bond acceptors (Lipinski definition) is 5. The van der Waals surface area contributed by atoms with Crippen LogP contribution in [0.5, 0.6) is 0 Å². The summed E-state index contributed by atoms with van der Waals surface area (Å²) in [6.45, 7) is 3.00. The van der Waals surface area contributed by atoms with Crippen LogP contribution >= 0.6 is 0 Å². The second-order valence-corrected chi connectivity index (χ2v) is 12.4. The molecule has 1 N–H and O–H groups in total. The van der Waals surface area contributed by atoms with Crippen molar-refractivity contribution in [2.75, 3.05) is 11.5 Å². The quantitative estimate of drug-likeness (QED) is 0.452. The number of ether oxygens (including phenoxy) is 1. The molecule has 2 aliphatic heterocycles. The van der Waals surface area contributed by atoms with Crippen molar-refractivity contribution >= 4 is 11.6 Å². The van der Waals surface area contributed by atoms with Gasteiger partial charge in [-0.25, -0.2) is 0 Å². The van der Waals surface area contributed by atoms with Crippen molar-refractivity contribution in [3.63, 3.8) is 0 Å². The summed E-state index contributed by atoms with van der Waals surface area (Å²) >= 11 is 0. The number of hydrogen-bond donors (Lipinski definition) is 1. The molecule has 1 amide bonds. The van der Waals surface area contributed by atoms with Gasteiger partial charge < -0.3 is 19.5 Å². The summed E-state index contributed by atoms with van der Waals surface area (Å²) in [5, 5.41) is 11.9. The third-order valence-electron chi connectivity index (χ3n) is 9.65. The molecule has 0 radical (unpaired) electrons. The Morgan fingerprint density at radius 2 is 1.90 bits per heavy atom. The number of anilines is 1. The van der Waals surface area contributed by atoms with Gasteiger partial charge in [-0.1, -0.05) is 12.1 Å². The van der Waals surface area contributed by atoms with Gasteiger partial charge >= 0.3 is 6.18 Å². The molecule has 0 unspecified atom stereocenters. The van der Waals surface area contributed by atoms with E-state index in [-0.39, 0.29) is 28.8 Å². The molecule has 3 heterocycles. The molecule has 1 spiro atoms. The molecule has 2 aromatic carbocycles. The minimum atomic E-state index is -4.56. The van der Waals surface area contributed by atoms with Gasteiger partial charge in [-0.05, 0) is 86.4 Å². The van der Waals surface area contributed by atoms with Gasteiger partial charge in [-0.15, -0.1) is 10.2 Å². The maximum Gasteiger partial charge on any atom is 0.416 e.